The third kappa shape index (κ3) is 3.77. The van der Waals surface area contributed by atoms with Crippen molar-refractivity contribution in [3.05, 3.63) is 27.7 Å². The molecule has 3 atom stereocenters. The van der Waals surface area contributed by atoms with E-state index in [1.165, 1.54) is 19.3 Å². The summed E-state index contributed by atoms with van der Waals surface area (Å²) in [7, 11) is 0. The second-order valence-corrected chi connectivity index (χ2v) is 6.58. The SMILES string of the molecule is CC1CCC(NCc2cc(Cl)cc(Cl)c2O)CC1C. The van der Waals surface area contributed by atoms with E-state index in [1.807, 2.05) is 0 Å². The number of hydrogen-bond donors (Lipinski definition) is 2. The van der Waals surface area contributed by atoms with Crippen LogP contribution in [0.3, 0.4) is 0 Å². The Morgan fingerprint density at radius 3 is 2.63 bits per heavy atom. The molecule has 4 heteroatoms. The molecule has 0 bridgehead atoms. The third-order valence-electron chi connectivity index (χ3n) is 4.29. The van der Waals surface area contributed by atoms with Gasteiger partial charge in [0.15, 0.2) is 0 Å². The zero-order valence-corrected chi connectivity index (χ0v) is 12.9. The molecule has 0 amide bonds. The van der Waals surface area contributed by atoms with Crippen molar-refractivity contribution < 1.29 is 5.11 Å². The van der Waals surface area contributed by atoms with E-state index in [-0.39, 0.29) is 5.75 Å². The average molecular weight is 302 g/mol. The molecule has 2 nitrogen and oxygen atoms in total. The van der Waals surface area contributed by atoms with Crippen molar-refractivity contribution in [1.82, 2.24) is 5.32 Å². The number of benzene rings is 1. The van der Waals surface area contributed by atoms with Crippen LogP contribution >= 0.6 is 23.2 Å². The maximum Gasteiger partial charge on any atom is 0.138 e. The lowest BCUT2D eigenvalue weighted by molar-refractivity contribution is 0.225. The second-order valence-electron chi connectivity index (χ2n) is 5.74. The van der Waals surface area contributed by atoms with Gasteiger partial charge in [-0.15, -0.1) is 0 Å². The smallest absolute Gasteiger partial charge is 0.138 e. The van der Waals surface area contributed by atoms with Gasteiger partial charge in [0.05, 0.1) is 5.02 Å². The number of phenolic OH excluding ortho intramolecular Hbond substituents is 1. The summed E-state index contributed by atoms with van der Waals surface area (Å²) >= 11 is 11.9. The number of halogens is 2. The minimum absolute atomic E-state index is 0.135. The number of nitrogens with one attached hydrogen (secondary N) is 1. The molecule has 19 heavy (non-hydrogen) atoms. The van der Waals surface area contributed by atoms with Gasteiger partial charge < -0.3 is 10.4 Å². The molecular formula is C15H21Cl2NO. The summed E-state index contributed by atoms with van der Waals surface area (Å²) in [6.07, 6.45) is 3.65. The molecular weight excluding hydrogens is 281 g/mol. The molecule has 0 spiro atoms. The average Bonchev–Trinajstić information content (AvgIpc) is 2.36. The van der Waals surface area contributed by atoms with Crippen LogP contribution in [0.1, 0.15) is 38.7 Å². The number of phenols is 1. The fraction of sp³-hybridized carbons (Fsp3) is 0.600. The van der Waals surface area contributed by atoms with E-state index in [9.17, 15) is 5.11 Å². The van der Waals surface area contributed by atoms with Crippen LogP contribution in [0.5, 0.6) is 5.75 Å². The number of hydrogen-bond acceptors (Lipinski definition) is 2. The van der Waals surface area contributed by atoms with Crippen molar-refractivity contribution >= 4 is 23.2 Å². The summed E-state index contributed by atoms with van der Waals surface area (Å²) in [5, 5.41) is 14.3. The number of aromatic hydroxyl groups is 1. The Hall–Kier alpha value is -0.440. The Morgan fingerprint density at radius 2 is 1.95 bits per heavy atom. The topological polar surface area (TPSA) is 32.3 Å². The first kappa shape index (κ1) is 15.0. The van der Waals surface area contributed by atoms with Gasteiger partial charge in [0, 0.05) is 23.2 Å². The van der Waals surface area contributed by atoms with E-state index in [4.69, 9.17) is 23.2 Å². The molecule has 0 radical (unpaired) electrons. The molecule has 0 aromatic heterocycles. The first-order valence-corrected chi connectivity index (χ1v) is 7.63. The van der Waals surface area contributed by atoms with E-state index in [0.717, 1.165) is 17.4 Å². The minimum atomic E-state index is 0.135. The highest BCUT2D eigenvalue weighted by Crippen LogP contribution is 2.32. The molecule has 0 aliphatic heterocycles. The van der Waals surface area contributed by atoms with Crippen LogP contribution in [0.15, 0.2) is 12.1 Å². The molecule has 0 heterocycles. The summed E-state index contributed by atoms with van der Waals surface area (Å²) < 4.78 is 0. The van der Waals surface area contributed by atoms with Crippen molar-refractivity contribution in [3.8, 4) is 5.75 Å². The van der Waals surface area contributed by atoms with E-state index < -0.39 is 0 Å². The van der Waals surface area contributed by atoms with Gasteiger partial charge in [-0.3, -0.25) is 0 Å². The largest absolute Gasteiger partial charge is 0.506 e. The molecule has 1 aliphatic carbocycles. The Kier molecular flexibility index (Phi) is 4.99. The summed E-state index contributed by atoms with van der Waals surface area (Å²) in [5.41, 5.74) is 0.767. The maximum atomic E-state index is 9.91. The Balaban J connectivity index is 1.96. The molecule has 1 aromatic carbocycles. The highest BCUT2D eigenvalue weighted by atomic mass is 35.5. The van der Waals surface area contributed by atoms with E-state index >= 15 is 0 Å². The van der Waals surface area contributed by atoms with Gasteiger partial charge >= 0.3 is 0 Å². The summed E-state index contributed by atoms with van der Waals surface area (Å²) in [5.74, 6) is 1.70. The van der Waals surface area contributed by atoms with Gasteiger partial charge in [-0.25, -0.2) is 0 Å². The second kappa shape index (κ2) is 6.34. The molecule has 1 aliphatic rings. The van der Waals surface area contributed by atoms with Crippen molar-refractivity contribution in [2.75, 3.05) is 0 Å². The number of rotatable bonds is 3. The molecule has 2 N–H and O–H groups in total. The van der Waals surface area contributed by atoms with Crippen LogP contribution in [0.4, 0.5) is 0 Å². The Labute approximate surface area is 125 Å². The quantitative estimate of drug-likeness (QED) is 0.854. The lowest BCUT2D eigenvalue weighted by Crippen LogP contribution is -2.35. The fourth-order valence-corrected chi connectivity index (χ4v) is 3.28. The van der Waals surface area contributed by atoms with Crippen LogP contribution in [-0.2, 0) is 6.54 Å². The molecule has 1 aromatic rings. The molecule has 3 unspecified atom stereocenters. The summed E-state index contributed by atoms with van der Waals surface area (Å²) in [6.45, 7) is 5.24. The standard InChI is InChI=1S/C15H21Cl2NO/c1-9-3-4-13(5-10(9)2)18-8-11-6-12(16)7-14(17)15(11)19/h6-7,9-10,13,18-19H,3-5,8H2,1-2H3. The van der Waals surface area contributed by atoms with Crippen LogP contribution in [0.25, 0.3) is 0 Å². The third-order valence-corrected chi connectivity index (χ3v) is 4.79. The van der Waals surface area contributed by atoms with Crippen molar-refractivity contribution in [1.29, 1.82) is 0 Å². The monoisotopic (exact) mass is 301 g/mol. The molecule has 1 saturated carbocycles. The van der Waals surface area contributed by atoms with Crippen molar-refractivity contribution in [2.24, 2.45) is 11.8 Å². The first-order chi connectivity index (χ1) is 8.97. The van der Waals surface area contributed by atoms with Crippen molar-refractivity contribution in [3.63, 3.8) is 0 Å². The molecule has 0 saturated heterocycles. The highest BCUT2D eigenvalue weighted by molar-refractivity contribution is 6.35. The van der Waals surface area contributed by atoms with Gasteiger partial charge in [0.2, 0.25) is 0 Å². The zero-order valence-electron chi connectivity index (χ0n) is 11.4. The summed E-state index contributed by atoms with van der Waals surface area (Å²) in [6, 6.07) is 3.85. The van der Waals surface area contributed by atoms with Gasteiger partial charge in [-0.2, -0.15) is 0 Å². The van der Waals surface area contributed by atoms with Gasteiger partial charge in [-0.05, 0) is 43.2 Å². The highest BCUT2D eigenvalue weighted by Gasteiger charge is 2.24. The first-order valence-electron chi connectivity index (χ1n) is 6.87. The van der Waals surface area contributed by atoms with Gasteiger partial charge in [0.25, 0.3) is 0 Å². The summed E-state index contributed by atoms with van der Waals surface area (Å²) in [4.78, 5) is 0. The lowest BCUT2D eigenvalue weighted by Gasteiger charge is -2.32. The van der Waals surface area contributed by atoms with Gasteiger partial charge in [-0.1, -0.05) is 37.0 Å². The Morgan fingerprint density at radius 1 is 1.21 bits per heavy atom. The molecule has 2 rings (SSSR count). The van der Waals surface area contributed by atoms with Crippen LogP contribution < -0.4 is 5.32 Å². The predicted molar refractivity (Wildman–Crippen MR) is 80.9 cm³/mol. The van der Waals surface area contributed by atoms with Crippen LogP contribution in [-0.4, -0.2) is 11.1 Å². The van der Waals surface area contributed by atoms with Crippen LogP contribution in [0, 0.1) is 11.8 Å². The van der Waals surface area contributed by atoms with Gasteiger partial charge in [0.1, 0.15) is 5.75 Å². The fourth-order valence-electron chi connectivity index (χ4n) is 2.74. The van der Waals surface area contributed by atoms with Crippen LogP contribution in [0.2, 0.25) is 10.0 Å². The minimum Gasteiger partial charge on any atom is -0.506 e. The Bertz CT molecular complexity index is 450. The van der Waals surface area contributed by atoms with E-state index in [1.54, 1.807) is 12.1 Å². The van der Waals surface area contributed by atoms with E-state index in [2.05, 4.69) is 19.2 Å². The lowest BCUT2D eigenvalue weighted by atomic mass is 9.79. The van der Waals surface area contributed by atoms with E-state index in [0.29, 0.717) is 22.6 Å². The normalized spacial score (nSPS) is 27.5. The molecule has 1 fully saturated rings. The van der Waals surface area contributed by atoms with Crippen molar-refractivity contribution in [2.45, 2.75) is 45.7 Å². The maximum absolute atomic E-state index is 9.91. The zero-order chi connectivity index (χ0) is 14.0. The predicted octanol–water partition coefficient (Wildman–Crippen LogP) is 4.61. The molecule has 106 valence electrons.